The van der Waals surface area contributed by atoms with Gasteiger partial charge in [0.25, 0.3) is 5.91 Å². The molecule has 0 spiro atoms. The van der Waals surface area contributed by atoms with Crippen molar-refractivity contribution in [1.29, 1.82) is 0 Å². The summed E-state index contributed by atoms with van der Waals surface area (Å²) in [6.45, 7) is 6.33. The maximum atomic E-state index is 14.2. The van der Waals surface area contributed by atoms with Crippen LogP contribution in [0.2, 0.25) is 0 Å². The zero-order valence-corrected chi connectivity index (χ0v) is 30.1. The van der Waals surface area contributed by atoms with Crippen LogP contribution in [0.4, 0.5) is 20.2 Å². The number of sulfonamides is 1. The number of aliphatic hydroxyl groups excluding tert-OH is 1. The number of carbonyl (C=O) groups excluding carboxylic acids is 1. The van der Waals surface area contributed by atoms with Crippen molar-refractivity contribution in [3.63, 3.8) is 0 Å². The van der Waals surface area contributed by atoms with Crippen molar-refractivity contribution >= 4 is 33.0 Å². The highest BCUT2D eigenvalue weighted by atomic mass is 32.2. The molecule has 0 saturated carbocycles. The van der Waals surface area contributed by atoms with E-state index in [4.69, 9.17) is 9.57 Å². The molecule has 13 heteroatoms. The number of nitrogens with one attached hydrogen (secondary N) is 2. The topological polar surface area (TPSA) is 130 Å². The lowest BCUT2D eigenvalue weighted by Crippen LogP contribution is -2.48. The van der Waals surface area contributed by atoms with Crippen LogP contribution in [0, 0.1) is 17.6 Å². The van der Waals surface area contributed by atoms with Crippen LogP contribution >= 0.6 is 0 Å². The van der Waals surface area contributed by atoms with Crippen LogP contribution in [0.15, 0.2) is 96.2 Å². The molecule has 4 aromatic carbocycles. The number of halogens is 2. The number of hydrogen-bond donors (Lipinski definition) is 3. The molecule has 10 nitrogen and oxygen atoms in total. The minimum Gasteiger partial charge on any atom is -0.497 e. The van der Waals surface area contributed by atoms with Crippen LogP contribution < -0.4 is 19.7 Å². The van der Waals surface area contributed by atoms with Crippen molar-refractivity contribution in [2.45, 2.75) is 45.9 Å². The number of methoxy groups -OCH3 is 1. The fourth-order valence-electron chi connectivity index (χ4n) is 5.31. The number of carbonyl (C=O) groups is 1. The standard InChI is InChI=1S/C38H44F2N4O6S/c1-25(2)24-50-43-26(3)29-18-30(20-34(19-29)44(51(5,47)48)33-11-7-6-8-12-33)38(46)42-36(17-28-14-31(39)21-32(40)15-28)37(45)23-41-22-27-10-9-13-35(16-27)49-4/h6-16,18-21,25,36-37,41,45H,17,22-24H2,1-5H3,(H,42,46)/t36-,37+/m0/s1. The Balaban J connectivity index is 1.70. The number of benzene rings is 4. The smallest absolute Gasteiger partial charge is 0.251 e. The zero-order chi connectivity index (χ0) is 37.1. The van der Waals surface area contributed by atoms with Crippen molar-refractivity contribution in [2.75, 3.05) is 30.8 Å². The number of ether oxygens (including phenoxy) is 1. The van der Waals surface area contributed by atoms with Crippen molar-refractivity contribution in [2.24, 2.45) is 11.1 Å². The Hall–Kier alpha value is -4.85. The summed E-state index contributed by atoms with van der Waals surface area (Å²) in [5.74, 6) is -1.39. The Morgan fingerprint density at radius 3 is 2.24 bits per heavy atom. The first kappa shape index (κ1) is 38.9. The molecule has 0 aliphatic heterocycles. The number of anilines is 2. The highest BCUT2D eigenvalue weighted by Crippen LogP contribution is 2.30. The normalized spacial score (nSPS) is 13.1. The minimum atomic E-state index is -3.90. The summed E-state index contributed by atoms with van der Waals surface area (Å²) in [6, 6.07) is 22.3. The molecule has 51 heavy (non-hydrogen) atoms. The number of nitrogens with zero attached hydrogens (tertiary/aromatic N) is 2. The number of rotatable bonds is 17. The summed E-state index contributed by atoms with van der Waals surface area (Å²) in [4.78, 5) is 19.5. The lowest BCUT2D eigenvalue weighted by Gasteiger charge is -2.26. The van der Waals surface area contributed by atoms with Crippen LogP contribution in [-0.2, 0) is 27.8 Å². The van der Waals surface area contributed by atoms with Gasteiger partial charge in [-0.15, -0.1) is 0 Å². The second-order valence-electron chi connectivity index (χ2n) is 12.6. The first-order chi connectivity index (χ1) is 24.2. The highest BCUT2D eigenvalue weighted by Gasteiger charge is 2.26. The van der Waals surface area contributed by atoms with Gasteiger partial charge in [0.1, 0.15) is 24.0 Å². The van der Waals surface area contributed by atoms with E-state index in [0.717, 1.165) is 34.3 Å². The van der Waals surface area contributed by atoms with E-state index in [1.54, 1.807) is 50.4 Å². The predicted octanol–water partition coefficient (Wildman–Crippen LogP) is 5.96. The first-order valence-electron chi connectivity index (χ1n) is 16.4. The molecule has 0 bridgehead atoms. The summed E-state index contributed by atoms with van der Waals surface area (Å²) >= 11 is 0. The molecule has 4 rings (SSSR count). The quantitative estimate of drug-likeness (QED) is 0.0907. The van der Waals surface area contributed by atoms with E-state index in [2.05, 4.69) is 15.8 Å². The molecule has 0 saturated heterocycles. The van der Waals surface area contributed by atoms with Gasteiger partial charge in [0.05, 0.1) is 42.6 Å². The molecule has 4 aromatic rings. The maximum absolute atomic E-state index is 14.2. The second kappa shape index (κ2) is 17.9. The van der Waals surface area contributed by atoms with Crippen LogP contribution in [0.3, 0.4) is 0 Å². The van der Waals surface area contributed by atoms with Crippen molar-refractivity contribution in [1.82, 2.24) is 10.6 Å². The van der Waals surface area contributed by atoms with Gasteiger partial charge >= 0.3 is 0 Å². The van der Waals surface area contributed by atoms with Gasteiger partial charge in [-0.05, 0) is 85.0 Å². The van der Waals surface area contributed by atoms with Gasteiger partial charge in [-0.25, -0.2) is 21.5 Å². The van der Waals surface area contributed by atoms with E-state index in [-0.39, 0.29) is 35.7 Å². The van der Waals surface area contributed by atoms with E-state index in [1.165, 1.54) is 12.1 Å². The molecule has 0 unspecified atom stereocenters. The van der Waals surface area contributed by atoms with Gasteiger partial charge in [-0.3, -0.25) is 4.79 Å². The van der Waals surface area contributed by atoms with Gasteiger partial charge in [-0.2, -0.15) is 0 Å². The lowest BCUT2D eigenvalue weighted by molar-refractivity contribution is 0.0829. The number of para-hydroxylation sites is 1. The largest absolute Gasteiger partial charge is 0.497 e. The summed E-state index contributed by atoms with van der Waals surface area (Å²) in [7, 11) is -2.34. The molecule has 2 atom stereocenters. The summed E-state index contributed by atoms with van der Waals surface area (Å²) < 4.78 is 61.1. The maximum Gasteiger partial charge on any atom is 0.251 e. The minimum absolute atomic E-state index is 0.0140. The second-order valence-corrected chi connectivity index (χ2v) is 14.4. The molecule has 0 aliphatic carbocycles. The summed E-state index contributed by atoms with van der Waals surface area (Å²) in [6.07, 6.45) is -0.266. The Labute approximate surface area is 298 Å². The van der Waals surface area contributed by atoms with Gasteiger partial charge < -0.3 is 25.3 Å². The van der Waals surface area contributed by atoms with Crippen LogP contribution in [0.25, 0.3) is 0 Å². The molecule has 1 amide bonds. The molecular formula is C38H44F2N4O6S. The molecule has 0 aliphatic rings. The SMILES string of the molecule is COc1cccc(CNC[C@@H](O)[C@H](Cc2cc(F)cc(F)c2)NC(=O)c2cc(C(C)=NOCC(C)C)cc(N(c3ccccc3)S(C)(=O)=O)c2)c1. The molecule has 0 aromatic heterocycles. The van der Waals surface area contributed by atoms with Gasteiger partial charge in [0.2, 0.25) is 10.0 Å². The van der Waals surface area contributed by atoms with Crippen molar-refractivity contribution < 1.29 is 36.7 Å². The third-order valence-corrected chi connectivity index (χ3v) is 8.82. The Bertz CT molecular complexity index is 1900. The number of oxime groups is 1. The Morgan fingerprint density at radius 1 is 0.902 bits per heavy atom. The predicted molar refractivity (Wildman–Crippen MR) is 195 cm³/mol. The van der Waals surface area contributed by atoms with E-state index in [9.17, 15) is 27.1 Å². The van der Waals surface area contributed by atoms with Crippen molar-refractivity contribution in [3.05, 3.63) is 125 Å². The number of hydrogen-bond acceptors (Lipinski definition) is 8. The molecule has 3 N–H and O–H groups in total. The number of amides is 1. The fraction of sp³-hybridized carbons (Fsp3) is 0.316. The molecule has 272 valence electrons. The van der Waals surface area contributed by atoms with E-state index in [0.29, 0.717) is 35.9 Å². The summed E-state index contributed by atoms with van der Waals surface area (Å²) in [5.41, 5.74) is 2.47. The van der Waals surface area contributed by atoms with Crippen LogP contribution in [-0.4, -0.2) is 63.8 Å². The third-order valence-electron chi connectivity index (χ3n) is 7.74. The molecular weight excluding hydrogens is 679 g/mol. The van der Waals surface area contributed by atoms with Gasteiger partial charge in [-0.1, -0.05) is 49.3 Å². The zero-order valence-electron chi connectivity index (χ0n) is 29.3. The average molecular weight is 723 g/mol. The summed E-state index contributed by atoms with van der Waals surface area (Å²) in [5, 5.41) is 21.5. The average Bonchev–Trinajstić information content (AvgIpc) is 3.07. The van der Waals surface area contributed by atoms with E-state index >= 15 is 0 Å². The monoisotopic (exact) mass is 722 g/mol. The lowest BCUT2D eigenvalue weighted by atomic mass is 9.99. The molecule has 0 radical (unpaired) electrons. The highest BCUT2D eigenvalue weighted by molar-refractivity contribution is 7.92. The van der Waals surface area contributed by atoms with Gasteiger partial charge in [0.15, 0.2) is 0 Å². The number of aliphatic hydroxyl groups is 1. The van der Waals surface area contributed by atoms with E-state index < -0.39 is 39.7 Å². The first-order valence-corrected chi connectivity index (χ1v) is 18.2. The van der Waals surface area contributed by atoms with Crippen LogP contribution in [0.5, 0.6) is 5.75 Å². The Morgan fingerprint density at radius 2 is 1.59 bits per heavy atom. The van der Waals surface area contributed by atoms with Crippen LogP contribution in [0.1, 0.15) is 47.8 Å². The molecule has 0 fully saturated rings. The van der Waals surface area contributed by atoms with E-state index in [1.807, 2.05) is 38.1 Å². The fourth-order valence-corrected chi connectivity index (χ4v) is 6.30. The molecule has 0 heterocycles. The third kappa shape index (κ3) is 11.6. The van der Waals surface area contributed by atoms with Gasteiger partial charge in [0, 0.05) is 30.3 Å². The Kier molecular flexibility index (Phi) is 13.7. The van der Waals surface area contributed by atoms with Crippen molar-refractivity contribution in [3.8, 4) is 5.75 Å².